The Hall–Kier alpha value is -0.120. The highest BCUT2D eigenvalue weighted by Crippen LogP contribution is 2.09. The van der Waals surface area contributed by atoms with E-state index in [1.54, 1.807) is 14.2 Å². The fourth-order valence-electron chi connectivity index (χ4n) is 1.46. The van der Waals surface area contributed by atoms with Gasteiger partial charge in [0.25, 0.3) is 0 Å². The highest BCUT2D eigenvalue weighted by Gasteiger charge is 2.17. The number of methoxy groups -OCH3 is 2. The van der Waals surface area contributed by atoms with Crippen LogP contribution in [0.4, 0.5) is 0 Å². The molecule has 0 amide bonds. The predicted molar refractivity (Wildman–Crippen MR) is 54.8 cm³/mol. The minimum absolute atomic E-state index is 0.123. The van der Waals surface area contributed by atoms with E-state index in [0.29, 0.717) is 6.04 Å². The molecule has 0 aromatic carbocycles. The van der Waals surface area contributed by atoms with E-state index in [1.165, 1.54) is 19.3 Å². The summed E-state index contributed by atoms with van der Waals surface area (Å²) in [5, 5.41) is 3.21. The van der Waals surface area contributed by atoms with Crippen LogP contribution in [-0.4, -0.2) is 33.6 Å². The van der Waals surface area contributed by atoms with Gasteiger partial charge >= 0.3 is 0 Å². The van der Waals surface area contributed by atoms with Crippen LogP contribution in [0.5, 0.6) is 0 Å². The highest BCUT2D eigenvalue weighted by atomic mass is 16.7. The van der Waals surface area contributed by atoms with Crippen molar-refractivity contribution in [2.24, 2.45) is 0 Å². The second-order valence-corrected chi connectivity index (χ2v) is 3.23. The van der Waals surface area contributed by atoms with Crippen molar-refractivity contribution >= 4 is 0 Å². The van der Waals surface area contributed by atoms with Gasteiger partial charge in [0.2, 0.25) is 0 Å². The molecule has 3 heteroatoms. The summed E-state index contributed by atoms with van der Waals surface area (Å²) in [5.41, 5.74) is 0. The van der Waals surface area contributed by atoms with Gasteiger partial charge in [-0.3, -0.25) is 0 Å². The van der Waals surface area contributed by atoms with Gasteiger partial charge < -0.3 is 14.8 Å². The van der Waals surface area contributed by atoms with E-state index in [4.69, 9.17) is 9.47 Å². The number of hydrogen-bond donors (Lipinski definition) is 1. The maximum absolute atomic E-state index is 5.20. The van der Waals surface area contributed by atoms with E-state index < -0.39 is 0 Å². The average Bonchev–Trinajstić information content (AvgIpc) is 2.17. The summed E-state index contributed by atoms with van der Waals surface area (Å²) < 4.78 is 10.4. The van der Waals surface area contributed by atoms with Crippen LogP contribution in [0, 0.1) is 0 Å². The van der Waals surface area contributed by atoms with Gasteiger partial charge in [-0.2, -0.15) is 0 Å². The van der Waals surface area contributed by atoms with Gasteiger partial charge in [-0.1, -0.05) is 26.2 Å². The molecular weight excluding hydrogens is 166 g/mol. The van der Waals surface area contributed by atoms with Crippen molar-refractivity contribution in [3.63, 3.8) is 0 Å². The topological polar surface area (TPSA) is 30.5 Å². The Bertz CT molecular complexity index is 105. The summed E-state index contributed by atoms with van der Waals surface area (Å²) in [7, 11) is 5.30. The van der Waals surface area contributed by atoms with Crippen LogP contribution in [0.2, 0.25) is 0 Å². The molecule has 0 saturated heterocycles. The first-order chi connectivity index (χ1) is 6.29. The van der Waals surface area contributed by atoms with Crippen molar-refractivity contribution in [2.75, 3.05) is 21.3 Å². The van der Waals surface area contributed by atoms with Crippen LogP contribution in [-0.2, 0) is 9.47 Å². The zero-order valence-corrected chi connectivity index (χ0v) is 9.30. The average molecular weight is 189 g/mol. The van der Waals surface area contributed by atoms with Gasteiger partial charge in [-0.15, -0.1) is 0 Å². The third-order valence-corrected chi connectivity index (χ3v) is 2.28. The lowest BCUT2D eigenvalue weighted by Crippen LogP contribution is -2.39. The molecule has 0 fully saturated rings. The molecule has 3 nitrogen and oxygen atoms in total. The number of hydrogen-bond acceptors (Lipinski definition) is 3. The first-order valence-corrected chi connectivity index (χ1v) is 5.03. The standard InChI is InChI=1S/C10H23NO2/c1-5-6-7-8-9(11-2)10(12-3)13-4/h9-11H,5-8H2,1-4H3. The lowest BCUT2D eigenvalue weighted by Gasteiger charge is -2.24. The maximum Gasteiger partial charge on any atom is 0.171 e. The van der Waals surface area contributed by atoms with E-state index >= 15 is 0 Å². The molecule has 0 spiro atoms. The quantitative estimate of drug-likeness (QED) is 0.466. The van der Waals surface area contributed by atoms with Crippen LogP contribution in [0.1, 0.15) is 32.6 Å². The van der Waals surface area contributed by atoms with Crippen LogP contribution >= 0.6 is 0 Å². The molecule has 0 saturated carbocycles. The monoisotopic (exact) mass is 189 g/mol. The summed E-state index contributed by atoms with van der Waals surface area (Å²) in [6, 6.07) is 0.307. The number of rotatable bonds is 8. The molecule has 0 bridgehead atoms. The molecular formula is C10H23NO2. The molecule has 0 aliphatic carbocycles. The Labute approximate surface area is 81.8 Å². The first-order valence-electron chi connectivity index (χ1n) is 5.03. The molecule has 0 aromatic heterocycles. The minimum Gasteiger partial charge on any atom is -0.354 e. The number of unbranched alkanes of at least 4 members (excludes halogenated alkanes) is 2. The normalized spacial score (nSPS) is 13.6. The largest absolute Gasteiger partial charge is 0.354 e. The van der Waals surface area contributed by atoms with E-state index in [9.17, 15) is 0 Å². The molecule has 1 unspecified atom stereocenters. The van der Waals surface area contributed by atoms with Gasteiger partial charge in [0.05, 0.1) is 6.04 Å². The highest BCUT2D eigenvalue weighted by molar-refractivity contribution is 4.68. The van der Waals surface area contributed by atoms with Crippen molar-refractivity contribution in [2.45, 2.75) is 44.9 Å². The van der Waals surface area contributed by atoms with E-state index in [1.807, 2.05) is 7.05 Å². The SMILES string of the molecule is CCCCCC(NC)C(OC)OC. The summed E-state index contributed by atoms with van der Waals surface area (Å²) in [5.74, 6) is 0. The van der Waals surface area contributed by atoms with E-state index in [-0.39, 0.29) is 6.29 Å². The van der Waals surface area contributed by atoms with Gasteiger partial charge in [-0.05, 0) is 13.5 Å². The predicted octanol–water partition coefficient (Wildman–Crippen LogP) is 1.77. The Morgan fingerprint density at radius 2 is 1.77 bits per heavy atom. The van der Waals surface area contributed by atoms with Crippen LogP contribution in [0.3, 0.4) is 0 Å². The van der Waals surface area contributed by atoms with E-state index in [2.05, 4.69) is 12.2 Å². The number of ether oxygens (including phenoxy) is 2. The van der Waals surface area contributed by atoms with Gasteiger partial charge in [0, 0.05) is 14.2 Å². The van der Waals surface area contributed by atoms with Crippen molar-refractivity contribution < 1.29 is 9.47 Å². The van der Waals surface area contributed by atoms with Crippen molar-refractivity contribution in [3.05, 3.63) is 0 Å². The summed E-state index contributed by atoms with van der Waals surface area (Å²) in [4.78, 5) is 0. The molecule has 1 atom stereocenters. The van der Waals surface area contributed by atoms with Gasteiger partial charge in [0.1, 0.15) is 0 Å². The number of likely N-dealkylation sites (N-methyl/N-ethyl adjacent to an activating group) is 1. The second kappa shape index (κ2) is 8.48. The lowest BCUT2D eigenvalue weighted by molar-refractivity contribution is -0.123. The maximum atomic E-state index is 5.20. The smallest absolute Gasteiger partial charge is 0.171 e. The Morgan fingerprint density at radius 1 is 1.15 bits per heavy atom. The minimum atomic E-state index is -0.123. The molecule has 0 aromatic rings. The fourth-order valence-corrected chi connectivity index (χ4v) is 1.46. The Morgan fingerprint density at radius 3 is 2.15 bits per heavy atom. The fraction of sp³-hybridized carbons (Fsp3) is 1.00. The molecule has 80 valence electrons. The molecule has 1 N–H and O–H groups in total. The molecule has 0 radical (unpaired) electrons. The van der Waals surface area contributed by atoms with Gasteiger partial charge in [0.15, 0.2) is 6.29 Å². The van der Waals surface area contributed by atoms with Crippen molar-refractivity contribution in [3.8, 4) is 0 Å². The third-order valence-electron chi connectivity index (χ3n) is 2.28. The van der Waals surface area contributed by atoms with Crippen LogP contribution < -0.4 is 5.32 Å². The van der Waals surface area contributed by atoms with Gasteiger partial charge in [-0.25, -0.2) is 0 Å². The summed E-state index contributed by atoms with van der Waals surface area (Å²) in [6.07, 6.45) is 4.74. The van der Waals surface area contributed by atoms with E-state index in [0.717, 1.165) is 6.42 Å². The number of nitrogens with one attached hydrogen (secondary N) is 1. The Kier molecular flexibility index (Phi) is 8.40. The van der Waals surface area contributed by atoms with Crippen molar-refractivity contribution in [1.29, 1.82) is 0 Å². The second-order valence-electron chi connectivity index (χ2n) is 3.23. The van der Waals surface area contributed by atoms with Crippen LogP contribution in [0.15, 0.2) is 0 Å². The third kappa shape index (κ3) is 5.24. The summed E-state index contributed by atoms with van der Waals surface area (Å²) in [6.45, 7) is 2.21. The molecule has 0 aliphatic rings. The molecule has 0 heterocycles. The summed E-state index contributed by atoms with van der Waals surface area (Å²) >= 11 is 0. The molecule has 13 heavy (non-hydrogen) atoms. The Balaban J connectivity index is 3.71. The molecule has 0 aliphatic heterocycles. The molecule has 0 rings (SSSR count). The van der Waals surface area contributed by atoms with Crippen LogP contribution in [0.25, 0.3) is 0 Å². The van der Waals surface area contributed by atoms with Crippen molar-refractivity contribution in [1.82, 2.24) is 5.32 Å². The lowest BCUT2D eigenvalue weighted by atomic mass is 10.1. The zero-order valence-electron chi connectivity index (χ0n) is 9.30. The zero-order chi connectivity index (χ0) is 10.1. The first kappa shape index (κ1) is 12.9.